The number of nitrogens with zero attached hydrogens (tertiary/aromatic N) is 2. The van der Waals surface area contributed by atoms with Gasteiger partial charge in [-0.15, -0.1) is 0 Å². The standard InChI is InChI=1S/C19H28F3N2O2S.C6H6O3S/c1-4-6-7-8-9-10-13-24-15(3)23(5-2)18-14-16(11-12-17(18)24)27(25,26)19(20,21)22;7-10(8,9)6-4-2-1-3-5-6/h11-12,14H,4-10,13H2,1-3H3;1-5H,(H,7,8,9)/q+1;/p-1. The van der Waals surface area contributed by atoms with Crippen LogP contribution < -0.4 is 4.57 Å². The second-order valence-corrected chi connectivity index (χ2v) is 11.9. The number of unbranched alkanes of at least 4 members (excludes halogenated alkanes) is 5. The van der Waals surface area contributed by atoms with E-state index in [4.69, 9.17) is 0 Å². The number of hydrogen-bond acceptors (Lipinski definition) is 5. The van der Waals surface area contributed by atoms with Gasteiger partial charge in [-0.1, -0.05) is 50.8 Å². The van der Waals surface area contributed by atoms with Crippen molar-refractivity contribution in [3.8, 4) is 0 Å². The number of rotatable bonds is 10. The van der Waals surface area contributed by atoms with Crippen molar-refractivity contribution in [3.05, 3.63) is 54.4 Å². The van der Waals surface area contributed by atoms with Crippen LogP contribution in [-0.2, 0) is 33.0 Å². The molecule has 7 nitrogen and oxygen atoms in total. The van der Waals surface area contributed by atoms with Gasteiger partial charge in [0.25, 0.3) is 15.7 Å². The zero-order chi connectivity index (χ0) is 27.9. The number of benzene rings is 2. The molecule has 0 saturated carbocycles. The Balaban J connectivity index is 0.000000402. The van der Waals surface area contributed by atoms with E-state index in [9.17, 15) is 34.6 Å². The highest BCUT2D eigenvalue weighted by Crippen LogP contribution is 2.31. The Kier molecular flexibility index (Phi) is 10.7. The maximum absolute atomic E-state index is 12.9. The molecule has 0 bridgehead atoms. The summed E-state index contributed by atoms with van der Waals surface area (Å²) in [4.78, 5) is -0.892. The number of alkyl halides is 3. The molecule has 0 unspecified atom stereocenters. The van der Waals surface area contributed by atoms with Gasteiger partial charge in [0.1, 0.15) is 10.1 Å². The molecular formula is C25H33F3N2O5S2. The third kappa shape index (κ3) is 7.78. The summed E-state index contributed by atoms with van der Waals surface area (Å²) in [5.74, 6) is 0.919. The fourth-order valence-corrected chi connectivity index (χ4v) is 5.33. The Bertz CT molecular complexity index is 1390. The average Bonchev–Trinajstić information content (AvgIpc) is 3.10. The Morgan fingerprint density at radius 3 is 1.97 bits per heavy atom. The van der Waals surface area contributed by atoms with Gasteiger partial charge in [-0.25, -0.2) is 26.0 Å². The largest absolute Gasteiger partial charge is 0.744 e. The first-order valence-corrected chi connectivity index (χ1v) is 15.0. The van der Waals surface area contributed by atoms with Crippen molar-refractivity contribution in [3.63, 3.8) is 0 Å². The lowest BCUT2D eigenvalue weighted by atomic mass is 10.1. The van der Waals surface area contributed by atoms with Crippen LogP contribution in [0.3, 0.4) is 0 Å². The maximum Gasteiger partial charge on any atom is 0.501 e. The minimum atomic E-state index is -5.35. The third-order valence-corrected chi connectivity index (χ3v) is 8.34. The monoisotopic (exact) mass is 562 g/mol. The zero-order valence-electron chi connectivity index (χ0n) is 21.2. The predicted octanol–water partition coefficient (Wildman–Crippen LogP) is 5.50. The van der Waals surface area contributed by atoms with Gasteiger partial charge in [0.2, 0.25) is 0 Å². The van der Waals surface area contributed by atoms with Crippen molar-refractivity contribution in [1.82, 2.24) is 4.57 Å². The minimum absolute atomic E-state index is 0.185. The van der Waals surface area contributed by atoms with Crippen LogP contribution in [0.4, 0.5) is 13.2 Å². The lowest BCUT2D eigenvalue weighted by molar-refractivity contribution is -0.678. The van der Waals surface area contributed by atoms with E-state index in [-0.39, 0.29) is 4.90 Å². The van der Waals surface area contributed by atoms with Crippen LogP contribution in [0, 0.1) is 6.92 Å². The van der Waals surface area contributed by atoms with Crippen LogP contribution >= 0.6 is 0 Å². The smallest absolute Gasteiger partial charge is 0.501 e. The lowest BCUT2D eigenvalue weighted by Gasteiger charge is -2.07. The molecule has 0 N–H and O–H groups in total. The molecule has 0 aliphatic carbocycles. The van der Waals surface area contributed by atoms with Crippen LogP contribution in [0.2, 0.25) is 0 Å². The summed E-state index contributed by atoms with van der Waals surface area (Å²) in [7, 11) is -9.60. The molecule has 0 atom stereocenters. The van der Waals surface area contributed by atoms with Crippen LogP contribution in [0.15, 0.2) is 58.3 Å². The number of hydrogen-bond donors (Lipinski definition) is 0. The molecule has 37 heavy (non-hydrogen) atoms. The lowest BCUT2D eigenvalue weighted by Crippen LogP contribution is -2.36. The fraction of sp³-hybridized carbons (Fsp3) is 0.480. The molecule has 1 aromatic heterocycles. The van der Waals surface area contributed by atoms with Gasteiger partial charge in [-0.2, -0.15) is 13.2 Å². The number of fused-ring (bicyclic) bond motifs is 1. The van der Waals surface area contributed by atoms with Crippen molar-refractivity contribution in [2.75, 3.05) is 0 Å². The highest BCUT2D eigenvalue weighted by molar-refractivity contribution is 7.92. The van der Waals surface area contributed by atoms with Gasteiger partial charge in [-0.05, 0) is 44.0 Å². The molecule has 1 heterocycles. The van der Waals surface area contributed by atoms with E-state index in [1.165, 1.54) is 56.0 Å². The van der Waals surface area contributed by atoms with Gasteiger partial charge in [0.05, 0.1) is 22.9 Å². The van der Waals surface area contributed by atoms with Gasteiger partial charge in [-0.3, -0.25) is 0 Å². The molecule has 0 aliphatic heterocycles. The van der Waals surface area contributed by atoms with E-state index >= 15 is 0 Å². The first kappa shape index (κ1) is 30.8. The topological polar surface area (TPSA) is 100 Å². The van der Waals surface area contributed by atoms with E-state index in [2.05, 4.69) is 11.5 Å². The molecule has 0 aliphatic rings. The average molecular weight is 563 g/mol. The Morgan fingerprint density at radius 2 is 1.46 bits per heavy atom. The number of halogens is 3. The van der Waals surface area contributed by atoms with Crippen molar-refractivity contribution in [1.29, 1.82) is 0 Å². The summed E-state index contributed by atoms with van der Waals surface area (Å²) in [6, 6.07) is 10.9. The highest BCUT2D eigenvalue weighted by Gasteiger charge is 2.47. The Morgan fingerprint density at radius 1 is 0.865 bits per heavy atom. The first-order valence-electron chi connectivity index (χ1n) is 12.1. The SMILES string of the molecule is CCCCCCCC[n+]1c(C)n(CC)c2cc(S(=O)(=O)C(F)(F)F)ccc21.O=S(=O)([O-])c1ccccc1. The number of imidazole rings is 1. The zero-order valence-corrected chi connectivity index (χ0v) is 22.8. The second-order valence-electron chi connectivity index (χ2n) is 8.58. The summed E-state index contributed by atoms with van der Waals surface area (Å²) in [6.45, 7) is 7.31. The minimum Gasteiger partial charge on any atom is -0.744 e. The Labute approximate surface area is 216 Å². The molecule has 0 amide bonds. The molecule has 12 heteroatoms. The van der Waals surface area contributed by atoms with Gasteiger partial charge in [0.15, 0.2) is 11.0 Å². The van der Waals surface area contributed by atoms with Crippen molar-refractivity contribution >= 4 is 31.0 Å². The summed E-state index contributed by atoms with van der Waals surface area (Å²) in [5, 5.41) is 0. The molecular weight excluding hydrogens is 529 g/mol. The van der Waals surface area contributed by atoms with Crippen molar-refractivity contribution in [2.45, 2.75) is 87.7 Å². The molecule has 2 aromatic carbocycles. The van der Waals surface area contributed by atoms with E-state index in [1.54, 1.807) is 6.07 Å². The van der Waals surface area contributed by atoms with Crippen LogP contribution in [0.5, 0.6) is 0 Å². The van der Waals surface area contributed by atoms with E-state index in [1.807, 2.05) is 18.4 Å². The summed E-state index contributed by atoms with van der Waals surface area (Å²) < 4.78 is 96.9. The number of sulfone groups is 1. The van der Waals surface area contributed by atoms with Gasteiger partial charge in [0, 0.05) is 13.0 Å². The van der Waals surface area contributed by atoms with Crippen LogP contribution in [-0.4, -0.2) is 31.5 Å². The van der Waals surface area contributed by atoms with Gasteiger partial charge >= 0.3 is 5.51 Å². The van der Waals surface area contributed by atoms with Crippen LogP contribution in [0.1, 0.15) is 58.2 Å². The molecule has 206 valence electrons. The molecule has 0 fully saturated rings. The normalized spacial score (nSPS) is 12.4. The number of aryl methyl sites for hydroxylation is 2. The maximum atomic E-state index is 12.9. The summed E-state index contributed by atoms with van der Waals surface area (Å²) >= 11 is 0. The number of aromatic nitrogens is 2. The summed E-state index contributed by atoms with van der Waals surface area (Å²) in [5.41, 5.74) is -4.01. The Hall–Kier alpha value is -2.44. The second kappa shape index (κ2) is 12.9. The van der Waals surface area contributed by atoms with E-state index < -0.39 is 30.4 Å². The molecule has 0 radical (unpaired) electrons. The molecule has 3 aromatic rings. The third-order valence-electron chi connectivity index (χ3n) is 6.01. The van der Waals surface area contributed by atoms with E-state index in [0.717, 1.165) is 42.9 Å². The van der Waals surface area contributed by atoms with Crippen LogP contribution in [0.25, 0.3) is 11.0 Å². The van der Waals surface area contributed by atoms with Crippen molar-refractivity contribution < 1.29 is 39.1 Å². The quantitative estimate of drug-likeness (QED) is 0.185. The molecule has 0 saturated heterocycles. The summed E-state index contributed by atoms with van der Waals surface area (Å²) in [6.07, 6.45) is 6.91. The first-order chi connectivity index (χ1) is 17.3. The highest BCUT2D eigenvalue weighted by atomic mass is 32.2. The molecule has 0 spiro atoms. The fourth-order valence-electron chi connectivity index (χ4n) is 4.06. The van der Waals surface area contributed by atoms with Gasteiger partial charge < -0.3 is 4.55 Å². The van der Waals surface area contributed by atoms with Crippen molar-refractivity contribution in [2.24, 2.45) is 0 Å². The van der Waals surface area contributed by atoms with E-state index in [0.29, 0.717) is 12.1 Å². The predicted molar refractivity (Wildman–Crippen MR) is 134 cm³/mol. The molecule has 3 rings (SSSR count).